The highest BCUT2D eigenvalue weighted by Crippen LogP contribution is 2.38. The molecule has 1 heterocycles. The Kier molecular flexibility index (Phi) is 3.13. The van der Waals surface area contributed by atoms with E-state index in [4.69, 9.17) is 0 Å². The third-order valence-corrected chi connectivity index (χ3v) is 4.87. The van der Waals surface area contributed by atoms with E-state index in [0.717, 1.165) is 13.0 Å². The van der Waals surface area contributed by atoms with Crippen molar-refractivity contribution in [2.24, 2.45) is 5.41 Å². The van der Waals surface area contributed by atoms with Crippen LogP contribution in [0.3, 0.4) is 0 Å². The zero-order valence-electron chi connectivity index (χ0n) is 11.7. The predicted octanol–water partition coefficient (Wildman–Crippen LogP) is 2.31. The molecule has 0 aromatic carbocycles. The standard InChI is InChI=1S/C15H26N2O/c1-15(2)8-3-4-12(10-15)17-9-7-13(14(17)18)16-11-5-6-11/h11-13,16H,3-10H2,1-2H3. The smallest absolute Gasteiger partial charge is 0.240 e. The molecule has 3 rings (SSSR count). The van der Waals surface area contributed by atoms with Crippen molar-refractivity contribution in [1.82, 2.24) is 10.2 Å². The molecule has 0 aromatic heterocycles. The van der Waals surface area contributed by atoms with Gasteiger partial charge >= 0.3 is 0 Å². The van der Waals surface area contributed by atoms with Gasteiger partial charge in [0.25, 0.3) is 0 Å². The van der Waals surface area contributed by atoms with E-state index in [0.29, 0.717) is 23.4 Å². The van der Waals surface area contributed by atoms with Gasteiger partial charge in [-0.3, -0.25) is 4.79 Å². The molecule has 0 aromatic rings. The minimum atomic E-state index is 0.127. The minimum absolute atomic E-state index is 0.127. The summed E-state index contributed by atoms with van der Waals surface area (Å²) in [6.45, 7) is 5.67. The van der Waals surface area contributed by atoms with Gasteiger partial charge in [0.05, 0.1) is 6.04 Å². The van der Waals surface area contributed by atoms with Crippen LogP contribution >= 0.6 is 0 Å². The molecule has 3 fully saturated rings. The van der Waals surface area contributed by atoms with Crippen LogP contribution in [0.1, 0.15) is 58.8 Å². The summed E-state index contributed by atoms with van der Waals surface area (Å²) in [5.41, 5.74) is 0.422. The Morgan fingerprint density at radius 1 is 1.22 bits per heavy atom. The van der Waals surface area contributed by atoms with Gasteiger partial charge in [0, 0.05) is 18.6 Å². The molecule has 3 nitrogen and oxygen atoms in total. The molecule has 0 bridgehead atoms. The minimum Gasteiger partial charge on any atom is -0.338 e. The first-order chi connectivity index (χ1) is 8.55. The zero-order chi connectivity index (χ0) is 12.8. The number of hydrogen-bond acceptors (Lipinski definition) is 2. The summed E-state index contributed by atoms with van der Waals surface area (Å²) in [6.07, 6.45) is 8.55. The topological polar surface area (TPSA) is 32.3 Å². The number of rotatable bonds is 3. The Labute approximate surface area is 110 Å². The lowest BCUT2D eigenvalue weighted by Crippen LogP contribution is -2.46. The third kappa shape index (κ3) is 2.56. The van der Waals surface area contributed by atoms with Crippen LogP contribution in [-0.4, -0.2) is 35.5 Å². The molecule has 3 heteroatoms. The van der Waals surface area contributed by atoms with Crippen molar-refractivity contribution in [3.8, 4) is 0 Å². The van der Waals surface area contributed by atoms with Gasteiger partial charge in [0.1, 0.15) is 0 Å². The van der Waals surface area contributed by atoms with Gasteiger partial charge in [-0.2, -0.15) is 0 Å². The predicted molar refractivity (Wildman–Crippen MR) is 72.3 cm³/mol. The number of nitrogens with one attached hydrogen (secondary N) is 1. The van der Waals surface area contributed by atoms with E-state index in [9.17, 15) is 4.79 Å². The molecular formula is C15H26N2O. The van der Waals surface area contributed by atoms with Crippen LogP contribution in [0, 0.1) is 5.41 Å². The normalized spacial score (nSPS) is 36.1. The summed E-state index contributed by atoms with van der Waals surface area (Å²) in [4.78, 5) is 14.6. The van der Waals surface area contributed by atoms with Gasteiger partial charge in [-0.25, -0.2) is 0 Å². The summed E-state index contributed by atoms with van der Waals surface area (Å²) >= 11 is 0. The highest BCUT2D eigenvalue weighted by Gasteiger charge is 2.41. The molecule has 1 aliphatic heterocycles. The Morgan fingerprint density at radius 3 is 2.67 bits per heavy atom. The maximum atomic E-state index is 12.4. The van der Waals surface area contributed by atoms with Gasteiger partial charge in [-0.05, 0) is 43.9 Å². The fourth-order valence-electron chi connectivity index (χ4n) is 3.68. The average Bonchev–Trinajstić information content (AvgIpc) is 3.03. The Balaban J connectivity index is 1.60. The van der Waals surface area contributed by atoms with Crippen LogP contribution in [0.2, 0.25) is 0 Å². The Morgan fingerprint density at radius 2 is 2.00 bits per heavy atom. The van der Waals surface area contributed by atoms with Crippen LogP contribution in [0.5, 0.6) is 0 Å². The summed E-state index contributed by atoms with van der Waals surface area (Å²) < 4.78 is 0. The second-order valence-corrected chi connectivity index (χ2v) is 7.23. The second-order valence-electron chi connectivity index (χ2n) is 7.23. The molecule has 2 saturated carbocycles. The number of likely N-dealkylation sites (tertiary alicyclic amines) is 1. The highest BCUT2D eigenvalue weighted by atomic mass is 16.2. The first-order valence-electron chi connectivity index (χ1n) is 7.62. The molecule has 1 saturated heterocycles. The summed E-state index contributed by atoms with van der Waals surface area (Å²) in [5, 5.41) is 3.50. The van der Waals surface area contributed by atoms with E-state index >= 15 is 0 Å². The fourth-order valence-corrected chi connectivity index (χ4v) is 3.68. The maximum absolute atomic E-state index is 12.4. The van der Waals surface area contributed by atoms with E-state index in [1.54, 1.807) is 0 Å². The van der Waals surface area contributed by atoms with Gasteiger partial charge in [-0.1, -0.05) is 20.3 Å². The first kappa shape index (κ1) is 12.5. The molecule has 3 aliphatic rings. The van der Waals surface area contributed by atoms with Gasteiger partial charge in [-0.15, -0.1) is 0 Å². The molecule has 1 N–H and O–H groups in total. The average molecular weight is 250 g/mol. The van der Waals surface area contributed by atoms with E-state index in [2.05, 4.69) is 24.1 Å². The molecular weight excluding hydrogens is 224 g/mol. The van der Waals surface area contributed by atoms with Crippen molar-refractivity contribution in [2.45, 2.75) is 76.9 Å². The summed E-state index contributed by atoms with van der Waals surface area (Å²) in [5.74, 6) is 0.379. The van der Waals surface area contributed by atoms with Crippen molar-refractivity contribution in [2.75, 3.05) is 6.54 Å². The number of hydrogen-bond donors (Lipinski definition) is 1. The SMILES string of the molecule is CC1(C)CCCC(N2CCC(NC3CC3)C2=O)C1. The van der Waals surface area contributed by atoms with Gasteiger partial charge in [0.2, 0.25) is 5.91 Å². The lowest BCUT2D eigenvalue weighted by atomic mass is 9.75. The van der Waals surface area contributed by atoms with Crippen LogP contribution in [0.15, 0.2) is 0 Å². The van der Waals surface area contributed by atoms with Crippen molar-refractivity contribution < 1.29 is 4.79 Å². The van der Waals surface area contributed by atoms with Gasteiger partial charge < -0.3 is 10.2 Å². The van der Waals surface area contributed by atoms with Crippen molar-refractivity contribution in [1.29, 1.82) is 0 Å². The van der Waals surface area contributed by atoms with E-state index in [1.807, 2.05) is 0 Å². The number of nitrogens with zero attached hydrogens (tertiary/aromatic N) is 1. The number of amides is 1. The molecule has 2 unspecified atom stereocenters. The third-order valence-electron chi connectivity index (χ3n) is 4.87. The lowest BCUT2D eigenvalue weighted by molar-refractivity contribution is -0.132. The van der Waals surface area contributed by atoms with Crippen LogP contribution in [0.4, 0.5) is 0 Å². The molecule has 0 spiro atoms. The molecule has 2 atom stereocenters. The summed E-state index contributed by atoms with van der Waals surface area (Å²) in [6, 6.07) is 1.27. The van der Waals surface area contributed by atoms with E-state index in [1.165, 1.54) is 38.5 Å². The number of carbonyl (C=O) groups is 1. The van der Waals surface area contributed by atoms with Gasteiger partial charge in [0.15, 0.2) is 0 Å². The Hall–Kier alpha value is -0.570. The quantitative estimate of drug-likeness (QED) is 0.833. The van der Waals surface area contributed by atoms with Crippen molar-refractivity contribution in [3.63, 3.8) is 0 Å². The summed E-state index contributed by atoms with van der Waals surface area (Å²) in [7, 11) is 0. The highest BCUT2D eigenvalue weighted by molar-refractivity contribution is 5.84. The van der Waals surface area contributed by atoms with E-state index in [-0.39, 0.29) is 6.04 Å². The molecule has 0 radical (unpaired) electrons. The molecule has 2 aliphatic carbocycles. The largest absolute Gasteiger partial charge is 0.338 e. The van der Waals surface area contributed by atoms with Crippen LogP contribution < -0.4 is 5.32 Å². The Bertz CT molecular complexity index is 335. The molecule has 1 amide bonds. The zero-order valence-corrected chi connectivity index (χ0v) is 11.7. The van der Waals surface area contributed by atoms with E-state index < -0.39 is 0 Å². The van der Waals surface area contributed by atoms with Crippen molar-refractivity contribution in [3.05, 3.63) is 0 Å². The first-order valence-corrected chi connectivity index (χ1v) is 7.62. The molecule has 18 heavy (non-hydrogen) atoms. The van der Waals surface area contributed by atoms with Crippen LogP contribution in [0.25, 0.3) is 0 Å². The second kappa shape index (κ2) is 4.52. The number of carbonyl (C=O) groups excluding carboxylic acids is 1. The lowest BCUT2D eigenvalue weighted by Gasteiger charge is -2.39. The fraction of sp³-hybridized carbons (Fsp3) is 0.933. The van der Waals surface area contributed by atoms with Crippen molar-refractivity contribution >= 4 is 5.91 Å². The maximum Gasteiger partial charge on any atom is 0.240 e. The monoisotopic (exact) mass is 250 g/mol. The molecule has 102 valence electrons. The van der Waals surface area contributed by atoms with Crippen LogP contribution in [-0.2, 0) is 4.79 Å².